The van der Waals surface area contributed by atoms with Gasteiger partial charge in [-0.15, -0.1) is 18.3 Å². The molecular formula is C18H19NO3S. The van der Waals surface area contributed by atoms with Gasteiger partial charge in [0.2, 0.25) is 0 Å². The van der Waals surface area contributed by atoms with Gasteiger partial charge in [-0.3, -0.25) is 4.79 Å². The maximum absolute atomic E-state index is 12.6. The normalized spacial score (nSPS) is 10.0. The molecule has 5 heteroatoms. The third-order valence-electron chi connectivity index (χ3n) is 3.14. The standard InChI is InChI=1S/C18H19NO3S/c1-4-11-23-17-8-6-5-7-14(17)18(20)19-15-12-13(21-2)9-10-16(15)22-3/h4-10,12H,1,11H2,2-3H3,(H,19,20). The van der Waals surface area contributed by atoms with Crippen LogP contribution in [-0.4, -0.2) is 25.9 Å². The molecule has 0 aliphatic heterocycles. The van der Waals surface area contributed by atoms with E-state index in [1.54, 1.807) is 50.2 Å². The van der Waals surface area contributed by atoms with Crippen molar-refractivity contribution in [2.45, 2.75) is 4.90 Å². The number of rotatable bonds is 7. The predicted octanol–water partition coefficient (Wildman–Crippen LogP) is 4.23. The highest BCUT2D eigenvalue weighted by atomic mass is 32.2. The molecule has 1 N–H and O–H groups in total. The predicted molar refractivity (Wildman–Crippen MR) is 94.9 cm³/mol. The maximum atomic E-state index is 12.6. The van der Waals surface area contributed by atoms with Gasteiger partial charge in [-0.1, -0.05) is 18.2 Å². The summed E-state index contributed by atoms with van der Waals surface area (Å²) in [5, 5.41) is 2.89. The minimum Gasteiger partial charge on any atom is -0.497 e. The van der Waals surface area contributed by atoms with Crippen molar-refractivity contribution in [1.82, 2.24) is 0 Å². The van der Waals surface area contributed by atoms with Crippen molar-refractivity contribution in [2.75, 3.05) is 25.3 Å². The van der Waals surface area contributed by atoms with Crippen LogP contribution in [0, 0.1) is 0 Å². The van der Waals surface area contributed by atoms with Gasteiger partial charge in [0.25, 0.3) is 5.91 Å². The van der Waals surface area contributed by atoms with Crippen LogP contribution >= 0.6 is 11.8 Å². The van der Waals surface area contributed by atoms with Gasteiger partial charge in [0.05, 0.1) is 25.5 Å². The minimum atomic E-state index is -0.191. The van der Waals surface area contributed by atoms with Crippen molar-refractivity contribution in [3.8, 4) is 11.5 Å². The Bertz CT molecular complexity index is 700. The lowest BCUT2D eigenvalue weighted by molar-refractivity contribution is 0.102. The van der Waals surface area contributed by atoms with E-state index >= 15 is 0 Å². The molecule has 0 radical (unpaired) electrons. The molecule has 120 valence electrons. The molecule has 23 heavy (non-hydrogen) atoms. The van der Waals surface area contributed by atoms with Crippen LogP contribution in [0.2, 0.25) is 0 Å². The fraction of sp³-hybridized carbons (Fsp3) is 0.167. The molecule has 2 aromatic carbocycles. The van der Waals surface area contributed by atoms with E-state index in [0.29, 0.717) is 22.7 Å². The van der Waals surface area contributed by atoms with Gasteiger partial charge < -0.3 is 14.8 Å². The summed E-state index contributed by atoms with van der Waals surface area (Å²) in [7, 11) is 3.14. The zero-order chi connectivity index (χ0) is 16.7. The summed E-state index contributed by atoms with van der Waals surface area (Å²) in [4.78, 5) is 13.5. The first-order valence-electron chi connectivity index (χ1n) is 7.05. The molecule has 0 aliphatic rings. The van der Waals surface area contributed by atoms with Gasteiger partial charge in [-0.25, -0.2) is 0 Å². The van der Waals surface area contributed by atoms with Crippen LogP contribution in [0.25, 0.3) is 0 Å². The largest absolute Gasteiger partial charge is 0.497 e. The van der Waals surface area contributed by atoms with Gasteiger partial charge in [-0.05, 0) is 24.3 Å². The molecule has 0 aromatic heterocycles. The number of nitrogens with one attached hydrogen (secondary N) is 1. The minimum absolute atomic E-state index is 0.191. The van der Waals surface area contributed by atoms with E-state index in [1.807, 2.05) is 24.3 Å². The van der Waals surface area contributed by atoms with Crippen molar-refractivity contribution < 1.29 is 14.3 Å². The summed E-state index contributed by atoms with van der Waals surface area (Å²) in [5.41, 5.74) is 1.18. The molecule has 0 spiro atoms. The second-order valence-corrected chi connectivity index (χ2v) is 5.68. The van der Waals surface area contributed by atoms with Crippen LogP contribution in [0.4, 0.5) is 5.69 Å². The average molecular weight is 329 g/mol. The first-order chi connectivity index (χ1) is 11.2. The third kappa shape index (κ3) is 4.29. The monoisotopic (exact) mass is 329 g/mol. The first-order valence-corrected chi connectivity index (χ1v) is 8.04. The number of hydrogen-bond acceptors (Lipinski definition) is 4. The molecule has 1 amide bonds. The molecule has 2 rings (SSSR count). The maximum Gasteiger partial charge on any atom is 0.256 e. The summed E-state index contributed by atoms with van der Waals surface area (Å²) in [6.07, 6.45) is 1.81. The van der Waals surface area contributed by atoms with E-state index in [1.165, 1.54) is 0 Å². The number of hydrogen-bond donors (Lipinski definition) is 1. The molecule has 0 saturated heterocycles. The number of benzene rings is 2. The highest BCUT2D eigenvalue weighted by molar-refractivity contribution is 7.99. The topological polar surface area (TPSA) is 47.6 Å². The number of thioether (sulfide) groups is 1. The van der Waals surface area contributed by atoms with Gasteiger partial charge in [0.1, 0.15) is 11.5 Å². The number of methoxy groups -OCH3 is 2. The number of amides is 1. The Morgan fingerprint density at radius 2 is 2.00 bits per heavy atom. The van der Waals surface area contributed by atoms with E-state index in [0.717, 1.165) is 10.6 Å². The fourth-order valence-corrected chi connectivity index (χ4v) is 2.82. The number of ether oxygens (including phenoxy) is 2. The summed E-state index contributed by atoms with van der Waals surface area (Å²) >= 11 is 1.57. The number of carbonyl (C=O) groups excluding carboxylic acids is 1. The van der Waals surface area contributed by atoms with Crippen LogP contribution in [0.15, 0.2) is 60.0 Å². The smallest absolute Gasteiger partial charge is 0.256 e. The van der Waals surface area contributed by atoms with Crippen LogP contribution in [0.1, 0.15) is 10.4 Å². The first kappa shape index (κ1) is 17.0. The Hall–Kier alpha value is -2.40. The Morgan fingerprint density at radius 1 is 1.22 bits per heavy atom. The van der Waals surface area contributed by atoms with E-state index in [-0.39, 0.29) is 5.91 Å². The summed E-state index contributed by atoms with van der Waals surface area (Å²) in [5.74, 6) is 1.78. The molecule has 4 nitrogen and oxygen atoms in total. The van der Waals surface area contributed by atoms with E-state index in [4.69, 9.17) is 9.47 Å². The molecular weight excluding hydrogens is 310 g/mol. The van der Waals surface area contributed by atoms with E-state index in [2.05, 4.69) is 11.9 Å². The van der Waals surface area contributed by atoms with Crippen molar-refractivity contribution in [2.24, 2.45) is 0 Å². The number of carbonyl (C=O) groups is 1. The highest BCUT2D eigenvalue weighted by Gasteiger charge is 2.14. The Balaban J connectivity index is 2.27. The Kier molecular flexibility index (Phi) is 6.11. The molecule has 0 heterocycles. The van der Waals surface area contributed by atoms with E-state index < -0.39 is 0 Å². The molecule has 0 atom stereocenters. The number of anilines is 1. The van der Waals surface area contributed by atoms with Crippen LogP contribution in [-0.2, 0) is 0 Å². The van der Waals surface area contributed by atoms with Crippen molar-refractivity contribution >= 4 is 23.4 Å². The molecule has 0 bridgehead atoms. The molecule has 0 saturated carbocycles. The van der Waals surface area contributed by atoms with Gasteiger partial charge >= 0.3 is 0 Å². The lowest BCUT2D eigenvalue weighted by Crippen LogP contribution is -2.13. The zero-order valence-corrected chi connectivity index (χ0v) is 14.0. The quantitative estimate of drug-likeness (QED) is 0.610. The van der Waals surface area contributed by atoms with Crippen LogP contribution in [0.5, 0.6) is 11.5 Å². The Morgan fingerprint density at radius 3 is 2.70 bits per heavy atom. The van der Waals surface area contributed by atoms with Crippen molar-refractivity contribution in [3.05, 3.63) is 60.7 Å². The Labute approximate surface area is 140 Å². The lowest BCUT2D eigenvalue weighted by atomic mass is 10.2. The second kappa shape index (κ2) is 8.29. The average Bonchev–Trinajstić information content (AvgIpc) is 2.60. The highest BCUT2D eigenvalue weighted by Crippen LogP contribution is 2.30. The third-order valence-corrected chi connectivity index (χ3v) is 4.21. The summed E-state index contributed by atoms with van der Waals surface area (Å²) in [6, 6.07) is 12.7. The van der Waals surface area contributed by atoms with Crippen LogP contribution < -0.4 is 14.8 Å². The van der Waals surface area contributed by atoms with Gasteiger partial charge in [0.15, 0.2) is 0 Å². The zero-order valence-electron chi connectivity index (χ0n) is 13.2. The van der Waals surface area contributed by atoms with Gasteiger partial charge in [0, 0.05) is 16.7 Å². The van der Waals surface area contributed by atoms with Crippen molar-refractivity contribution in [1.29, 1.82) is 0 Å². The molecule has 0 fully saturated rings. The molecule has 0 aliphatic carbocycles. The fourth-order valence-electron chi connectivity index (χ4n) is 2.03. The SMILES string of the molecule is C=CCSc1ccccc1C(=O)Nc1cc(OC)ccc1OC. The molecule has 0 unspecified atom stereocenters. The second-order valence-electron chi connectivity index (χ2n) is 4.62. The van der Waals surface area contributed by atoms with Crippen molar-refractivity contribution in [3.63, 3.8) is 0 Å². The van der Waals surface area contributed by atoms with Gasteiger partial charge in [-0.2, -0.15) is 0 Å². The summed E-state index contributed by atoms with van der Waals surface area (Å²) < 4.78 is 10.5. The summed E-state index contributed by atoms with van der Waals surface area (Å²) in [6.45, 7) is 3.71. The van der Waals surface area contributed by atoms with Crippen LogP contribution in [0.3, 0.4) is 0 Å². The lowest BCUT2D eigenvalue weighted by Gasteiger charge is -2.13. The molecule has 2 aromatic rings. The van der Waals surface area contributed by atoms with E-state index in [9.17, 15) is 4.79 Å².